The van der Waals surface area contributed by atoms with Crippen molar-refractivity contribution in [2.24, 2.45) is 5.73 Å². The largest absolute Gasteiger partial charge is 0.489 e. The van der Waals surface area contributed by atoms with Crippen molar-refractivity contribution in [3.05, 3.63) is 23.2 Å². The molecule has 0 radical (unpaired) electrons. The number of amides is 1. The van der Waals surface area contributed by atoms with Gasteiger partial charge in [-0.1, -0.05) is 11.6 Å². The molecule has 2 rings (SSSR count). The molecular formula is C16H23ClN2O4. The summed E-state index contributed by atoms with van der Waals surface area (Å²) in [5, 5.41) is 3.34. The topological polar surface area (TPSA) is 82.8 Å². The fourth-order valence-corrected chi connectivity index (χ4v) is 2.54. The summed E-state index contributed by atoms with van der Waals surface area (Å²) in [6.45, 7) is 3.86. The maximum atomic E-state index is 12.3. The van der Waals surface area contributed by atoms with Gasteiger partial charge in [0.05, 0.1) is 18.4 Å². The van der Waals surface area contributed by atoms with Crippen molar-refractivity contribution in [3.63, 3.8) is 0 Å². The van der Waals surface area contributed by atoms with Crippen molar-refractivity contribution < 1.29 is 19.0 Å². The molecule has 1 aliphatic heterocycles. The summed E-state index contributed by atoms with van der Waals surface area (Å²) in [5.41, 5.74) is 6.09. The van der Waals surface area contributed by atoms with Crippen molar-refractivity contribution in [2.75, 3.05) is 31.7 Å². The fourth-order valence-electron chi connectivity index (χ4n) is 2.37. The second-order valence-corrected chi connectivity index (χ2v) is 5.67. The van der Waals surface area contributed by atoms with Crippen LogP contribution < -0.4 is 15.8 Å². The minimum Gasteiger partial charge on any atom is -0.489 e. The molecule has 0 spiro atoms. The summed E-state index contributed by atoms with van der Waals surface area (Å²) in [6, 6.07) is 5.09. The van der Waals surface area contributed by atoms with E-state index < -0.39 is 6.10 Å². The average molecular weight is 343 g/mol. The highest BCUT2D eigenvalue weighted by atomic mass is 35.5. The summed E-state index contributed by atoms with van der Waals surface area (Å²) in [7, 11) is 0. The number of rotatable bonds is 8. The summed E-state index contributed by atoms with van der Waals surface area (Å²) < 4.78 is 16.5. The van der Waals surface area contributed by atoms with E-state index >= 15 is 0 Å². The van der Waals surface area contributed by atoms with Gasteiger partial charge in [-0.3, -0.25) is 4.79 Å². The van der Waals surface area contributed by atoms with E-state index in [1.54, 1.807) is 18.2 Å². The maximum absolute atomic E-state index is 12.3. The normalized spacial score (nSPS) is 20.5. The smallest absolute Gasteiger partial charge is 0.253 e. The van der Waals surface area contributed by atoms with Gasteiger partial charge in [0.1, 0.15) is 18.5 Å². The maximum Gasteiger partial charge on any atom is 0.253 e. The van der Waals surface area contributed by atoms with Gasteiger partial charge in [0, 0.05) is 18.2 Å². The first-order valence-electron chi connectivity index (χ1n) is 7.80. The molecule has 1 fully saturated rings. The number of hydrogen-bond acceptors (Lipinski definition) is 5. The van der Waals surface area contributed by atoms with Gasteiger partial charge in [0.15, 0.2) is 0 Å². The Morgan fingerprint density at radius 3 is 2.96 bits per heavy atom. The highest BCUT2D eigenvalue weighted by Gasteiger charge is 2.30. The van der Waals surface area contributed by atoms with Crippen LogP contribution in [0.25, 0.3) is 0 Å². The Labute approximate surface area is 141 Å². The van der Waals surface area contributed by atoms with E-state index in [0.717, 1.165) is 6.42 Å². The number of hydrogen-bond donors (Lipinski definition) is 2. The van der Waals surface area contributed by atoms with Crippen molar-refractivity contribution in [3.8, 4) is 5.75 Å². The van der Waals surface area contributed by atoms with Crippen LogP contribution in [0.2, 0.25) is 5.02 Å². The van der Waals surface area contributed by atoms with E-state index in [-0.39, 0.29) is 12.0 Å². The first-order chi connectivity index (χ1) is 11.1. The zero-order chi connectivity index (χ0) is 16.7. The highest BCUT2D eigenvalue weighted by molar-refractivity contribution is 6.31. The van der Waals surface area contributed by atoms with Gasteiger partial charge < -0.3 is 25.3 Å². The molecule has 1 heterocycles. The Bertz CT molecular complexity index is 527. The number of carbonyl (C=O) groups excluding carboxylic acids is 1. The molecule has 0 bridgehead atoms. The average Bonchev–Trinajstić information content (AvgIpc) is 3.02. The molecule has 6 nitrogen and oxygen atoms in total. The number of ether oxygens (including phenoxy) is 3. The van der Waals surface area contributed by atoms with Gasteiger partial charge in [0.25, 0.3) is 5.91 Å². The molecule has 1 amide bonds. The zero-order valence-electron chi connectivity index (χ0n) is 13.2. The molecule has 1 aromatic carbocycles. The Balaban J connectivity index is 1.97. The third kappa shape index (κ3) is 5.35. The number of nitrogens with one attached hydrogen (secondary N) is 1. The standard InChI is InChI=1S/C16H23ClN2O4/c1-2-21-7-8-22-14-5-3-11(17)9-13(14)19-16(20)15-6-4-12(10-18)23-15/h3,5,9,12,15H,2,4,6-8,10,18H2,1H3,(H,19,20)/t12-,15+/m1/s1. The van der Waals surface area contributed by atoms with Crippen LogP contribution in [0.15, 0.2) is 18.2 Å². The molecule has 1 saturated heterocycles. The van der Waals surface area contributed by atoms with Crippen LogP contribution >= 0.6 is 11.6 Å². The van der Waals surface area contributed by atoms with E-state index in [1.807, 2.05) is 6.92 Å². The van der Waals surface area contributed by atoms with Gasteiger partial charge in [-0.2, -0.15) is 0 Å². The molecule has 3 N–H and O–H groups in total. The predicted octanol–water partition coefficient (Wildman–Crippen LogP) is 2.20. The van der Waals surface area contributed by atoms with E-state index in [1.165, 1.54) is 0 Å². The van der Waals surface area contributed by atoms with Gasteiger partial charge in [-0.25, -0.2) is 0 Å². The summed E-state index contributed by atoms with van der Waals surface area (Å²) in [5.74, 6) is 0.341. The second-order valence-electron chi connectivity index (χ2n) is 5.23. The van der Waals surface area contributed by atoms with E-state index in [4.69, 9.17) is 31.5 Å². The third-order valence-electron chi connectivity index (χ3n) is 3.55. The fraction of sp³-hybridized carbons (Fsp3) is 0.562. The summed E-state index contributed by atoms with van der Waals surface area (Å²) >= 11 is 6.01. The van der Waals surface area contributed by atoms with E-state index in [2.05, 4.69) is 5.32 Å². The monoisotopic (exact) mass is 342 g/mol. The predicted molar refractivity (Wildman–Crippen MR) is 89.0 cm³/mol. The molecule has 0 saturated carbocycles. The van der Waals surface area contributed by atoms with Crippen LogP contribution in [0.3, 0.4) is 0 Å². The molecule has 23 heavy (non-hydrogen) atoms. The SMILES string of the molecule is CCOCCOc1ccc(Cl)cc1NC(=O)[C@@H]1CC[C@H](CN)O1. The number of benzene rings is 1. The van der Waals surface area contributed by atoms with E-state index in [0.29, 0.717) is 49.2 Å². The van der Waals surface area contributed by atoms with Crippen molar-refractivity contribution >= 4 is 23.2 Å². The lowest BCUT2D eigenvalue weighted by molar-refractivity contribution is -0.126. The van der Waals surface area contributed by atoms with Gasteiger partial charge in [0.2, 0.25) is 0 Å². The van der Waals surface area contributed by atoms with Crippen molar-refractivity contribution in [2.45, 2.75) is 32.0 Å². The lowest BCUT2D eigenvalue weighted by Gasteiger charge is -2.16. The Morgan fingerprint density at radius 2 is 2.26 bits per heavy atom. The molecule has 1 aromatic rings. The highest BCUT2D eigenvalue weighted by Crippen LogP contribution is 2.29. The van der Waals surface area contributed by atoms with Crippen molar-refractivity contribution in [1.29, 1.82) is 0 Å². The molecule has 7 heteroatoms. The van der Waals surface area contributed by atoms with Crippen LogP contribution in [-0.2, 0) is 14.3 Å². The first-order valence-corrected chi connectivity index (χ1v) is 8.18. The minimum atomic E-state index is -0.487. The number of halogens is 1. The molecular weight excluding hydrogens is 320 g/mol. The Morgan fingerprint density at radius 1 is 1.43 bits per heavy atom. The van der Waals surface area contributed by atoms with Gasteiger partial charge in [-0.15, -0.1) is 0 Å². The minimum absolute atomic E-state index is 0.0491. The Hall–Kier alpha value is -1.34. The lowest BCUT2D eigenvalue weighted by Crippen LogP contribution is -2.30. The number of anilines is 1. The van der Waals surface area contributed by atoms with Crippen molar-refractivity contribution in [1.82, 2.24) is 0 Å². The Kier molecular flexibility index (Phi) is 7.11. The number of carbonyl (C=O) groups is 1. The van der Waals surface area contributed by atoms with Crippen LogP contribution in [-0.4, -0.2) is 44.5 Å². The summed E-state index contributed by atoms with van der Waals surface area (Å²) in [4.78, 5) is 12.3. The zero-order valence-corrected chi connectivity index (χ0v) is 14.0. The molecule has 128 valence electrons. The quantitative estimate of drug-likeness (QED) is 0.708. The number of nitrogens with two attached hydrogens (primary N) is 1. The van der Waals surface area contributed by atoms with Gasteiger partial charge in [-0.05, 0) is 38.0 Å². The first kappa shape index (κ1) is 18.0. The van der Waals surface area contributed by atoms with Crippen LogP contribution in [0.5, 0.6) is 5.75 Å². The summed E-state index contributed by atoms with van der Waals surface area (Å²) in [6.07, 6.45) is 0.919. The second kappa shape index (κ2) is 9.08. The van der Waals surface area contributed by atoms with Crippen LogP contribution in [0, 0.1) is 0 Å². The molecule has 1 aliphatic rings. The third-order valence-corrected chi connectivity index (χ3v) is 3.79. The lowest BCUT2D eigenvalue weighted by atomic mass is 10.2. The molecule has 0 unspecified atom stereocenters. The van der Waals surface area contributed by atoms with E-state index in [9.17, 15) is 4.79 Å². The molecule has 2 atom stereocenters. The van der Waals surface area contributed by atoms with Crippen LogP contribution in [0.1, 0.15) is 19.8 Å². The van der Waals surface area contributed by atoms with Gasteiger partial charge >= 0.3 is 0 Å². The van der Waals surface area contributed by atoms with Crippen LogP contribution in [0.4, 0.5) is 5.69 Å². The molecule has 0 aliphatic carbocycles. The molecule has 0 aromatic heterocycles.